The van der Waals surface area contributed by atoms with Gasteiger partial charge in [-0.25, -0.2) is 0 Å². The molecular formula is C30H20O. The van der Waals surface area contributed by atoms with Crippen molar-refractivity contribution in [3.63, 3.8) is 0 Å². The molecule has 4 aromatic rings. The minimum Gasteiger partial charge on any atom is -0.298 e. The maximum Gasteiger partial charge on any atom is 0.150 e. The Hall–Kier alpha value is -3.45. The molecule has 0 fully saturated rings. The Kier molecular flexibility index (Phi) is 2.75. The molecule has 0 aromatic heterocycles. The highest BCUT2D eigenvalue weighted by atomic mass is 16.1. The van der Waals surface area contributed by atoms with Gasteiger partial charge in [0.25, 0.3) is 0 Å². The fraction of sp³-hybridized carbons (Fsp3) is 0.167. The van der Waals surface area contributed by atoms with E-state index >= 15 is 0 Å². The average molecular weight is 396 g/mol. The molecule has 1 spiro atoms. The first-order chi connectivity index (χ1) is 15.4. The molecule has 4 aliphatic carbocycles. The van der Waals surface area contributed by atoms with Gasteiger partial charge >= 0.3 is 0 Å². The van der Waals surface area contributed by atoms with Gasteiger partial charge in [0.1, 0.15) is 6.29 Å². The van der Waals surface area contributed by atoms with Crippen molar-refractivity contribution in [2.24, 2.45) is 5.41 Å². The first kappa shape index (κ1) is 16.3. The van der Waals surface area contributed by atoms with Crippen LogP contribution in [0.5, 0.6) is 0 Å². The van der Waals surface area contributed by atoms with E-state index in [-0.39, 0.29) is 5.41 Å². The number of hydrogen-bond acceptors (Lipinski definition) is 1. The van der Waals surface area contributed by atoms with E-state index in [0.717, 1.165) is 11.8 Å². The molecule has 146 valence electrons. The maximum atomic E-state index is 11.7. The van der Waals surface area contributed by atoms with Crippen LogP contribution in [-0.2, 0) is 0 Å². The molecule has 31 heavy (non-hydrogen) atoms. The molecule has 0 radical (unpaired) electrons. The highest BCUT2D eigenvalue weighted by molar-refractivity contribution is 5.79. The number of rotatable bonds is 1. The van der Waals surface area contributed by atoms with Gasteiger partial charge in [-0.3, -0.25) is 4.79 Å². The standard InChI is InChI=1S/C30H20O/c31-16-17-13-14-24-25(15-17)29-23-12-6-5-11-22(23)27-19-8-2-1-7-18(19)26-20-9-3-4-10-21(20)28(24)30(26,27)29/h1-16,26-29H. The molecule has 1 nitrogen and oxygen atoms in total. The van der Waals surface area contributed by atoms with E-state index in [0.29, 0.717) is 23.7 Å². The largest absolute Gasteiger partial charge is 0.298 e. The molecule has 5 atom stereocenters. The summed E-state index contributed by atoms with van der Waals surface area (Å²) >= 11 is 0. The van der Waals surface area contributed by atoms with Crippen LogP contribution in [0, 0.1) is 5.41 Å². The summed E-state index contributed by atoms with van der Waals surface area (Å²) in [6, 6.07) is 33.8. The first-order valence-corrected chi connectivity index (χ1v) is 11.2. The number of aldehydes is 1. The molecule has 0 saturated carbocycles. The van der Waals surface area contributed by atoms with Gasteiger partial charge in [0, 0.05) is 34.7 Å². The predicted molar refractivity (Wildman–Crippen MR) is 121 cm³/mol. The summed E-state index contributed by atoms with van der Waals surface area (Å²) in [5.41, 5.74) is 12.6. The SMILES string of the molecule is O=Cc1ccc2c(c1)C1c3ccccc3C3c4ccccc4C4c5ccccc5C2C431. The second-order valence-electron chi connectivity index (χ2n) is 9.63. The van der Waals surface area contributed by atoms with Crippen LogP contribution in [0.1, 0.15) is 78.5 Å². The van der Waals surface area contributed by atoms with E-state index in [1.54, 1.807) is 0 Å². The van der Waals surface area contributed by atoms with Crippen molar-refractivity contribution in [2.75, 3.05) is 0 Å². The smallest absolute Gasteiger partial charge is 0.150 e. The van der Waals surface area contributed by atoms with Crippen LogP contribution in [-0.4, -0.2) is 6.29 Å². The Morgan fingerprint density at radius 1 is 0.484 bits per heavy atom. The molecule has 0 N–H and O–H groups in total. The van der Waals surface area contributed by atoms with Crippen molar-refractivity contribution < 1.29 is 4.79 Å². The summed E-state index contributed by atoms with van der Waals surface area (Å²) in [7, 11) is 0. The maximum absolute atomic E-state index is 11.7. The van der Waals surface area contributed by atoms with E-state index in [1.165, 1.54) is 44.5 Å². The van der Waals surface area contributed by atoms with Crippen molar-refractivity contribution in [1.29, 1.82) is 0 Å². The minimum atomic E-state index is 0.0564. The van der Waals surface area contributed by atoms with E-state index < -0.39 is 0 Å². The lowest BCUT2D eigenvalue weighted by Gasteiger charge is -2.37. The van der Waals surface area contributed by atoms with E-state index in [9.17, 15) is 4.79 Å². The molecule has 0 heterocycles. The van der Waals surface area contributed by atoms with Crippen molar-refractivity contribution in [3.8, 4) is 0 Å². The number of carbonyl (C=O) groups is 1. The van der Waals surface area contributed by atoms with Crippen molar-refractivity contribution in [3.05, 3.63) is 141 Å². The molecular weight excluding hydrogens is 376 g/mol. The molecule has 8 rings (SSSR count). The Bertz CT molecular complexity index is 1410. The molecule has 0 amide bonds. The predicted octanol–water partition coefficient (Wildman–Crippen LogP) is 6.37. The Balaban J connectivity index is 1.58. The van der Waals surface area contributed by atoms with Crippen molar-refractivity contribution in [1.82, 2.24) is 0 Å². The summed E-state index contributed by atoms with van der Waals surface area (Å²) in [6.07, 6.45) is 0.999. The van der Waals surface area contributed by atoms with Crippen LogP contribution in [0.2, 0.25) is 0 Å². The third-order valence-corrected chi connectivity index (χ3v) is 8.72. The highest BCUT2D eigenvalue weighted by Gasteiger charge is 2.72. The van der Waals surface area contributed by atoms with Crippen molar-refractivity contribution in [2.45, 2.75) is 23.7 Å². The second-order valence-corrected chi connectivity index (χ2v) is 9.63. The normalized spacial score (nSPS) is 29.5. The zero-order valence-electron chi connectivity index (χ0n) is 17.0. The summed E-state index contributed by atoms with van der Waals surface area (Å²) in [5, 5.41) is 0. The number of benzene rings is 4. The van der Waals surface area contributed by atoms with Gasteiger partial charge in [-0.2, -0.15) is 0 Å². The van der Waals surface area contributed by atoms with Crippen LogP contribution >= 0.6 is 0 Å². The van der Waals surface area contributed by atoms with Crippen molar-refractivity contribution >= 4 is 6.29 Å². The van der Waals surface area contributed by atoms with Gasteiger partial charge in [-0.15, -0.1) is 0 Å². The number of hydrogen-bond donors (Lipinski definition) is 0. The zero-order chi connectivity index (χ0) is 20.3. The average Bonchev–Trinajstić information content (AvgIpc) is 3.46. The third-order valence-electron chi connectivity index (χ3n) is 8.72. The van der Waals surface area contributed by atoms with Gasteiger partial charge in [0.15, 0.2) is 0 Å². The molecule has 4 aliphatic rings. The summed E-state index contributed by atoms with van der Waals surface area (Å²) in [5.74, 6) is 1.45. The summed E-state index contributed by atoms with van der Waals surface area (Å²) in [4.78, 5) is 11.7. The number of fused-ring (bicyclic) bond motifs is 12. The monoisotopic (exact) mass is 396 g/mol. The van der Waals surface area contributed by atoms with E-state index in [2.05, 4.69) is 84.9 Å². The Labute approximate surface area is 181 Å². The fourth-order valence-electron chi connectivity index (χ4n) is 8.11. The van der Waals surface area contributed by atoms with Crippen LogP contribution < -0.4 is 0 Å². The number of carbonyl (C=O) groups excluding carboxylic acids is 1. The first-order valence-electron chi connectivity index (χ1n) is 11.2. The minimum absolute atomic E-state index is 0.0564. The van der Waals surface area contributed by atoms with E-state index in [4.69, 9.17) is 0 Å². The van der Waals surface area contributed by atoms with Gasteiger partial charge in [0.05, 0.1) is 0 Å². The highest BCUT2D eigenvalue weighted by Crippen LogP contribution is 2.83. The van der Waals surface area contributed by atoms with E-state index in [1.807, 2.05) is 6.07 Å². The van der Waals surface area contributed by atoms with Gasteiger partial charge in [-0.1, -0.05) is 84.9 Å². The molecule has 0 bridgehead atoms. The Morgan fingerprint density at radius 3 is 1.23 bits per heavy atom. The van der Waals surface area contributed by atoms with Crippen LogP contribution in [0.15, 0.2) is 91.0 Å². The lowest BCUT2D eigenvalue weighted by atomic mass is 9.64. The fourth-order valence-corrected chi connectivity index (χ4v) is 8.11. The van der Waals surface area contributed by atoms with Crippen LogP contribution in [0.25, 0.3) is 0 Å². The molecule has 4 aromatic carbocycles. The lowest BCUT2D eigenvalue weighted by molar-refractivity contribution is 0.112. The topological polar surface area (TPSA) is 17.1 Å². The summed E-state index contributed by atoms with van der Waals surface area (Å²) < 4.78 is 0. The van der Waals surface area contributed by atoms with Crippen LogP contribution in [0.4, 0.5) is 0 Å². The lowest BCUT2D eigenvalue weighted by Crippen LogP contribution is -2.30. The third kappa shape index (κ3) is 1.58. The van der Waals surface area contributed by atoms with Gasteiger partial charge in [0.2, 0.25) is 0 Å². The quantitative estimate of drug-likeness (QED) is 0.342. The Morgan fingerprint density at radius 2 is 0.839 bits per heavy atom. The second kappa shape index (κ2) is 5.23. The van der Waals surface area contributed by atoms with Gasteiger partial charge in [-0.05, 0) is 50.6 Å². The molecule has 1 heteroatoms. The molecule has 5 unspecified atom stereocenters. The zero-order valence-corrected chi connectivity index (χ0v) is 17.0. The molecule has 0 saturated heterocycles. The summed E-state index contributed by atoms with van der Waals surface area (Å²) in [6.45, 7) is 0. The molecule has 0 aliphatic heterocycles. The van der Waals surface area contributed by atoms with Gasteiger partial charge < -0.3 is 0 Å². The van der Waals surface area contributed by atoms with Crippen LogP contribution in [0.3, 0.4) is 0 Å².